The summed E-state index contributed by atoms with van der Waals surface area (Å²) in [4.78, 5) is 29.6. The van der Waals surface area contributed by atoms with Crippen LogP contribution in [0.4, 0.5) is 11.6 Å². The molecule has 0 bridgehead atoms. The van der Waals surface area contributed by atoms with Gasteiger partial charge in [-0.25, -0.2) is 4.98 Å². The van der Waals surface area contributed by atoms with Gasteiger partial charge >= 0.3 is 0 Å². The van der Waals surface area contributed by atoms with E-state index in [4.69, 9.17) is 11.6 Å². The molecule has 2 aromatic carbocycles. The number of aldehydes is 1. The Hall–Kier alpha value is -2.66. The molecule has 0 fully saturated rings. The molecule has 0 aliphatic rings. The second kappa shape index (κ2) is 5.38. The molecule has 2 N–H and O–H groups in total. The molecule has 0 aliphatic heterocycles. The SMILES string of the molecule is O=Cc1ccc(Nc2nc3ccc(Cl)cc3c(=O)[nH]2)cc1. The lowest BCUT2D eigenvalue weighted by Gasteiger charge is -2.06. The number of carbonyl (C=O) groups excluding carboxylic acids is 1. The van der Waals surface area contributed by atoms with E-state index in [1.54, 1.807) is 42.5 Å². The molecule has 0 aliphatic carbocycles. The zero-order chi connectivity index (χ0) is 14.8. The largest absolute Gasteiger partial charge is 0.326 e. The lowest BCUT2D eigenvalue weighted by Crippen LogP contribution is -2.11. The average molecular weight is 300 g/mol. The first-order valence-electron chi connectivity index (χ1n) is 6.17. The lowest BCUT2D eigenvalue weighted by atomic mass is 10.2. The minimum Gasteiger partial charge on any atom is -0.326 e. The molecule has 104 valence electrons. The van der Waals surface area contributed by atoms with Crippen molar-refractivity contribution in [2.75, 3.05) is 5.32 Å². The summed E-state index contributed by atoms with van der Waals surface area (Å²) in [5.41, 5.74) is 1.58. The third kappa shape index (κ3) is 2.78. The Bertz CT molecular complexity index is 872. The second-order valence-electron chi connectivity index (χ2n) is 4.44. The molecule has 0 unspecified atom stereocenters. The average Bonchev–Trinajstić information content (AvgIpc) is 2.49. The van der Waals surface area contributed by atoms with Crippen LogP contribution in [-0.4, -0.2) is 16.3 Å². The molecule has 21 heavy (non-hydrogen) atoms. The van der Waals surface area contributed by atoms with E-state index < -0.39 is 0 Å². The summed E-state index contributed by atoms with van der Waals surface area (Å²) in [6.45, 7) is 0. The Morgan fingerprint density at radius 3 is 2.62 bits per heavy atom. The topological polar surface area (TPSA) is 74.8 Å². The maximum atomic E-state index is 12.0. The maximum Gasteiger partial charge on any atom is 0.260 e. The highest BCUT2D eigenvalue weighted by molar-refractivity contribution is 6.31. The Labute approximate surface area is 124 Å². The van der Waals surface area contributed by atoms with Crippen LogP contribution in [0.5, 0.6) is 0 Å². The summed E-state index contributed by atoms with van der Waals surface area (Å²) in [7, 11) is 0. The molecule has 3 aromatic rings. The van der Waals surface area contributed by atoms with E-state index in [1.165, 1.54) is 0 Å². The number of fused-ring (bicyclic) bond motifs is 1. The van der Waals surface area contributed by atoms with Gasteiger partial charge in [-0.05, 0) is 42.5 Å². The van der Waals surface area contributed by atoms with Crippen molar-refractivity contribution in [1.29, 1.82) is 0 Å². The smallest absolute Gasteiger partial charge is 0.260 e. The summed E-state index contributed by atoms with van der Waals surface area (Å²) in [6, 6.07) is 11.8. The van der Waals surface area contributed by atoms with Crippen molar-refractivity contribution in [3.05, 3.63) is 63.4 Å². The van der Waals surface area contributed by atoms with Crippen molar-refractivity contribution >= 4 is 40.4 Å². The van der Waals surface area contributed by atoms with Crippen molar-refractivity contribution < 1.29 is 4.79 Å². The van der Waals surface area contributed by atoms with Crippen molar-refractivity contribution in [3.63, 3.8) is 0 Å². The van der Waals surface area contributed by atoms with E-state index in [2.05, 4.69) is 15.3 Å². The maximum absolute atomic E-state index is 12.0. The molecule has 1 aromatic heterocycles. The highest BCUT2D eigenvalue weighted by Gasteiger charge is 2.05. The van der Waals surface area contributed by atoms with Crippen LogP contribution in [0.2, 0.25) is 5.02 Å². The Morgan fingerprint density at radius 1 is 1.14 bits per heavy atom. The predicted octanol–water partition coefficient (Wildman–Crippen LogP) is 3.13. The van der Waals surface area contributed by atoms with Crippen molar-refractivity contribution in [1.82, 2.24) is 9.97 Å². The molecule has 0 atom stereocenters. The number of aromatic amines is 1. The highest BCUT2D eigenvalue weighted by Crippen LogP contribution is 2.17. The van der Waals surface area contributed by atoms with Crippen LogP contribution in [-0.2, 0) is 0 Å². The molecular formula is C15H10ClN3O2. The fourth-order valence-electron chi connectivity index (χ4n) is 1.95. The molecule has 0 amide bonds. The number of carbonyl (C=O) groups is 1. The quantitative estimate of drug-likeness (QED) is 0.729. The van der Waals surface area contributed by atoms with Gasteiger partial charge in [-0.15, -0.1) is 0 Å². The number of hydrogen-bond donors (Lipinski definition) is 2. The number of anilines is 2. The molecule has 0 saturated carbocycles. The number of benzene rings is 2. The number of halogens is 1. The summed E-state index contributed by atoms with van der Waals surface area (Å²) in [5.74, 6) is 0.327. The van der Waals surface area contributed by atoms with Gasteiger partial charge in [-0.3, -0.25) is 14.6 Å². The lowest BCUT2D eigenvalue weighted by molar-refractivity contribution is 0.112. The van der Waals surface area contributed by atoms with Crippen LogP contribution in [0.3, 0.4) is 0 Å². The summed E-state index contributed by atoms with van der Waals surface area (Å²) in [6.07, 6.45) is 0.768. The summed E-state index contributed by atoms with van der Waals surface area (Å²) >= 11 is 5.86. The number of nitrogens with one attached hydrogen (secondary N) is 2. The fourth-order valence-corrected chi connectivity index (χ4v) is 2.12. The van der Waals surface area contributed by atoms with Gasteiger partial charge in [0.25, 0.3) is 5.56 Å². The van der Waals surface area contributed by atoms with Gasteiger partial charge in [0.05, 0.1) is 10.9 Å². The zero-order valence-corrected chi connectivity index (χ0v) is 11.5. The van der Waals surface area contributed by atoms with Crippen LogP contribution in [0, 0.1) is 0 Å². The normalized spacial score (nSPS) is 10.5. The summed E-state index contributed by atoms with van der Waals surface area (Å²) in [5, 5.41) is 3.91. The van der Waals surface area contributed by atoms with E-state index in [9.17, 15) is 9.59 Å². The van der Waals surface area contributed by atoms with Gasteiger partial charge in [-0.2, -0.15) is 0 Å². The number of hydrogen-bond acceptors (Lipinski definition) is 4. The fraction of sp³-hybridized carbons (Fsp3) is 0. The Kier molecular flexibility index (Phi) is 3.41. The van der Waals surface area contributed by atoms with Crippen LogP contribution in [0.15, 0.2) is 47.3 Å². The van der Waals surface area contributed by atoms with Crippen LogP contribution in [0.25, 0.3) is 10.9 Å². The van der Waals surface area contributed by atoms with E-state index in [1.807, 2.05) is 0 Å². The molecule has 0 saturated heterocycles. The van der Waals surface area contributed by atoms with Gasteiger partial charge < -0.3 is 5.32 Å². The predicted molar refractivity (Wildman–Crippen MR) is 82.5 cm³/mol. The van der Waals surface area contributed by atoms with Crippen molar-refractivity contribution in [2.45, 2.75) is 0 Å². The van der Waals surface area contributed by atoms with Gasteiger partial charge in [-0.1, -0.05) is 11.6 Å². The monoisotopic (exact) mass is 299 g/mol. The first-order chi connectivity index (χ1) is 10.2. The molecule has 0 radical (unpaired) electrons. The standard InChI is InChI=1S/C15H10ClN3O2/c16-10-3-6-13-12(7-10)14(21)19-15(18-13)17-11-4-1-9(8-20)2-5-11/h1-8H,(H2,17,18,19,21). The van der Waals surface area contributed by atoms with Crippen LogP contribution in [0.1, 0.15) is 10.4 Å². The van der Waals surface area contributed by atoms with E-state index in [0.717, 1.165) is 12.0 Å². The van der Waals surface area contributed by atoms with Crippen molar-refractivity contribution in [2.24, 2.45) is 0 Å². The molecule has 6 heteroatoms. The summed E-state index contributed by atoms with van der Waals surface area (Å²) < 4.78 is 0. The first kappa shape index (κ1) is 13.3. The molecule has 0 spiro atoms. The van der Waals surface area contributed by atoms with Crippen LogP contribution < -0.4 is 10.9 Å². The number of H-pyrrole nitrogens is 1. The third-order valence-corrected chi connectivity index (χ3v) is 3.21. The number of nitrogens with zero attached hydrogens (tertiary/aromatic N) is 1. The molecule has 1 heterocycles. The zero-order valence-electron chi connectivity index (χ0n) is 10.8. The molecule has 5 nitrogen and oxygen atoms in total. The minimum absolute atomic E-state index is 0.269. The first-order valence-corrected chi connectivity index (χ1v) is 6.55. The second-order valence-corrected chi connectivity index (χ2v) is 4.88. The van der Waals surface area contributed by atoms with E-state index >= 15 is 0 Å². The minimum atomic E-state index is -0.269. The van der Waals surface area contributed by atoms with Crippen LogP contribution >= 0.6 is 11.6 Å². The van der Waals surface area contributed by atoms with Crippen molar-refractivity contribution in [3.8, 4) is 0 Å². The Balaban J connectivity index is 1.98. The van der Waals surface area contributed by atoms with Gasteiger partial charge in [0.15, 0.2) is 0 Å². The Morgan fingerprint density at radius 2 is 1.90 bits per heavy atom. The highest BCUT2D eigenvalue weighted by atomic mass is 35.5. The third-order valence-electron chi connectivity index (χ3n) is 2.98. The van der Waals surface area contributed by atoms with E-state index in [-0.39, 0.29) is 5.56 Å². The van der Waals surface area contributed by atoms with Gasteiger partial charge in [0, 0.05) is 16.3 Å². The molecule has 3 rings (SSSR count). The molecular weight excluding hydrogens is 290 g/mol. The number of rotatable bonds is 3. The van der Waals surface area contributed by atoms with Gasteiger partial charge in [0.2, 0.25) is 5.95 Å². The van der Waals surface area contributed by atoms with Gasteiger partial charge in [0.1, 0.15) is 6.29 Å². The number of aromatic nitrogens is 2. The van der Waals surface area contributed by atoms with E-state index in [0.29, 0.717) is 27.4 Å².